The van der Waals surface area contributed by atoms with Crippen molar-refractivity contribution in [3.05, 3.63) is 64.7 Å². The van der Waals surface area contributed by atoms with Gasteiger partial charge in [-0.25, -0.2) is 5.01 Å². The predicted octanol–water partition coefficient (Wildman–Crippen LogP) is 3.89. The molecule has 2 aromatic rings. The Morgan fingerprint density at radius 3 is 2.41 bits per heavy atom. The van der Waals surface area contributed by atoms with Crippen LogP contribution in [0.2, 0.25) is 5.02 Å². The molecule has 0 aromatic heterocycles. The van der Waals surface area contributed by atoms with Crippen molar-refractivity contribution in [2.75, 3.05) is 7.11 Å². The predicted molar refractivity (Wildman–Crippen MR) is 102 cm³/mol. The van der Waals surface area contributed by atoms with Crippen LogP contribution in [0.5, 0.6) is 5.75 Å². The second kappa shape index (κ2) is 8.22. The summed E-state index contributed by atoms with van der Waals surface area (Å²) in [7, 11) is 1.60. The maximum atomic E-state index is 12.6. The quantitative estimate of drug-likeness (QED) is 0.816. The Hall–Kier alpha value is -2.86. The van der Waals surface area contributed by atoms with Crippen LogP contribution >= 0.6 is 11.6 Å². The van der Waals surface area contributed by atoms with E-state index in [9.17, 15) is 9.59 Å². The number of rotatable bonds is 6. The lowest BCUT2D eigenvalue weighted by Gasteiger charge is -2.22. The van der Waals surface area contributed by atoms with Crippen molar-refractivity contribution in [1.29, 1.82) is 0 Å². The standard InChI is InChI=1S/C20H19ClN2O4/c1-27-16-8-4-13(5-9-16)17-12-18(14-2-6-15(21)7-3-14)23(22-17)19(24)10-11-20(25)26/h2-9,18H,10-12H2,1H3,(H,25,26)/t18-/m0/s1. The van der Waals surface area contributed by atoms with Gasteiger partial charge in [0, 0.05) is 17.9 Å². The SMILES string of the molecule is COc1ccc(C2=NN(C(=O)CCC(=O)O)[C@H](c3ccc(Cl)cc3)C2)cc1. The highest BCUT2D eigenvalue weighted by molar-refractivity contribution is 6.30. The van der Waals surface area contributed by atoms with Crippen LogP contribution in [0.3, 0.4) is 0 Å². The zero-order chi connectivity index (χ0) is 19.4. The van der Waals surface area contributed by atoms with Gasteiger partial charge in [0.15, 0.2) is 0 Å². The Bertz CT molecular complexity index is 863. The maximum absolute atomic E-state index is 12.6. The molecule has 1 amide bonds. The molecule has 1 atom stereocenters. The molecule has 0 fully saturated rings. The van der Waals surface area contributed by atoms with Gasteiger partial charge < -0.3 is 9.84 Å². The molecule has 1 N–H and O–H groups in total. The molecule has 140 valence electrons. The van der Waals surface area contributed by atoms with Gasteiger partial charge in [-0.1, -0.05) is 23.7 Å². The van der Waals surface area contributed by atoms with E-state index in [4.69, 9.17) is 21.4 Å². The number of carboxylic acids is 1. The number of amides is 1. The van der Waals surface area contributed by atoms with Gasteiger partial charge in [-0.05, 0) is 47.5 Å². The van der Waals surface area contributed by atoms with Crippen molar-refractivity contribution in [2.45, 2.75) is 25.3 Å². The van der Waals surface area contributed by atoms with Gasteiger partial charge in [-0.3, -0.25) is 9.59 Å². The molecule has 6 nitrogen and oxygen atoms in total. The van der Waals surface area contributed by atoms with Crippen LogP contribution in [0.25, 0.3) is 0 Å². The van der Waals surface area contributed by atoms with E-state index < -0.39 is 5.97 Å². The van der Waals surface area contributed by atoms with Crippen LogP contribution in [0.4, 0.5) is 0 Å². The number of carbonyl (C=O) groups excluding carboxylic acids is 1. The van der Waals surface area contributed by atoms with Crippen molar-refractivity contribution < 1.29 is 19.4 Å². The smallest absolute Gasteiger partial charge is 0.303 e. The third-order valence-corrected chi connectivity index (χ3v) is 4.65. The van der Waals surface area contributed by atoms with E-state index >= 15 is 0 Å². The fraction of sp³-hybridized carbons (Fsp3) is 0.250. The molecule has 0 bridgehead atoms. The molecule has 0 aliphatic carbocycles. The number of methoxy groups -OCH3 is 1. The Kier molecular flexibility index (Phi) is 5.76. The molecule has 2 aromatic carbocycles. The summed E-state index contributed by atoms with van der Waals surface area (Å²) in [6.45, 7) is 0. The van der Waals surface area contributed by atoms with Crippen LogP contribution in [-0.2, 0) is 9.59 Å². The highest BCUT2D eigenvalue weighted by Crippen LogP contribution is 2.34. The third kappa shape index (κ3) is 4.46. The largest absolute Gasteiger partial charge is 0.497 e. The minimum absolute atomic E-state index is 0.0984. The molecular formula is C20H19ClN2O4. The van der Waals surface area contributed by atoms with Gasteiger partial charge >= 0.3 is 5.97 Å². The molecule has 1 aliphatic rings. The Morgan fingerprint density at radius 1 is 1.15 bits per heavy atom. The van der Waals surface area contributed by atoms with E-state index in [0.29, 0.717) is 11.4 Å². The maximum Gasteiger partial charge on any atom is 0.303 e. The van der Waals surface area contributed by atoms with E-state index in [1.807, 2.05) is 36.4 Å². The molecule has 7 heteroatoms. The highest BCUT2D eigenvalue weighted by Gasteiger charge is 2.33. The minimum Gasteiger partial charge on any atom is -0.497 e. The van der Waals surface area contributed by atoms with Crippen LogP contribution < -0.4 is 4.74 Å². The third-order valence-electron chi connectivity index (χ3n) is 4.40. The molecule has 0 saturated carbocycles. The number of hydrogen-bond acceptors (Lipinski definition) is 4. The van der Waals surface area contributed by atoms with Crippen molar-refractivity contribution >= 4 is 29.2 Å². The zero-order valence-electron chi connectivity index (χ0n) is 14.8. The second-order valence-corrected chi connectivity index (χ2v) is 6.62. The first-order chi connectivity index (χ1) is 13.0. The lowest BCUT2D eigenvalue weighted by molar-refractivity contribution is -0.141. The summed E-state index contributed by atoms with van der Waals surface area (Å²) in [6.07, 6.45) is 0.210. The van der Waals surface area contributed by atoms with E-state index in [0.717, 1.165) is 22.6 Å². The van der Waals surface area contributed by atoms with Gasteiger partial charge in [-0.15, -0.1) is 0 Å². The molecule has 1 heterocycles. The van der Waals surface area contributed by atoms with Crippen LogP contribution in [-0.4, -0.2) is 34.8 Å². The molecule has 3 rings (SSSR count). The number of aliphatic carboxylic acids is 1. The highest BCUT2D eigenvalue weighted by atomic mass is 35.5. The van der Waals surface area contributed by atoms with Gasteiger partial charge in [-0.2, -0.15) is 5.10 Å². The number of hydrogen-bond donors (Lipinski definition) is 1. The van der Waals surface area contributed by atoms with Crippen molar-refractivity contribution in [2.24, 2.45) is 5.10 Å². The fourth-order valence-corrected chi connectivity index (χ4v) is 3.10. The monoisotopic (exact) mass is 386 g/mol. The van der Waals surface area contributed by atoms with Gasteiger partial charge in [0.2, 0.25) is 5.91 Å². The average Bonchev–Trinajstić information content (AvgIpc) is 3.12. The van der Waals surface area contributed by atoms with Crippen molar-refractivity contribution in [3.63, 3.8) is 0 Å². The lowest BCUT2D eigenvalue weighted by atomic mass is 9.98. The molecule has 0 unspecified atom stereocenters. The Morgan fingerprint density at radius 2 is 1.81 bits per heavy atom. The summed E-state index contributed by atoms with van der Waals surface area (Å²) in [5.74, 6) is -0.591. The first kappa shape index (κ1) is 18.9. The topological polar surface area (TPSA) is 79.2 Å². The summed E-state index contributed by atoms with van der Waals surface area (Å²) in [5.41, 5.74) is 2.56. The summed E-state index contributed by atoms with van der Waals surface area (Å²) >= 11 is 5.97. The number of carboxylic acid groups (broad SMARTS) is 1. The van der Waals surface area contributed by atoms with E-state index in [-0.39, 0.29) is 24.8 Å². The van der Waals surface area contributed by atoms with E-state index in [1.54, 1.807) is 19.2 Å². The lowest BCUT2D eigenvalue weighted by Crippen LogP contribution is -2.27. The zero-order valence-corrected chi connectivity index (χ0v) is 15.5. The first-order valence-electron chi connectivity index (χ1n) is 8.49. The number of carbonyl (C=O) groups is 2. The molecule has 0 saturated heterocycles. The van der Waals surface area contributed by atoms with Gasteiger partial charge in [0.25, 0.3) is 0 Å². The molecule has 27 heavy (non-hydrogen) atoms. The Balaban J connectivity index is 1.88. The molecule has 1 aliphatic heterocycles. The summed E-state index contributed by atoms with van der Waals surface area (Å²) in [5, 5.41) is 15.4. The molecule has 0 radical (unpaired) electrons. The average molecular weight is 387 g/mol. The first-order valence-corrected chi connectivity index (χ1v) is 8.87. The van der Waals surface area contributed by atoms with E-state index in [1.165, 1.54) is 5.01 Å². The van der Waals surface area contributed by atoms with E-state index in [2.05, 4.69) is 5.10 Å². The summed E-state index contributed by atoms with van der Waals surface area (Å²) in [4.78, 5) is 23.4. The number of nitrogens with zero attached hydrogens (tertiary/aromatic N) is 2. The number of benzene rings is 2. The van der Waals surface area contributed by atoms with Crippen LogP contribution in [0.1, 0.15) is 36.4 Å². The van der Waals surface area contributed by atoms with Gasteiger partial charge in [0.05, 0.1) is 25.3 Å². The van der Waals surface area contributed by atoms with Crippen molar-refractivity contribution in [1.82, 2.24) is 5.01 Å². The normalized spacial score (nSPS) is 16.1. The summed E-state index contributed by atoms with van der Waals surface area (Å²) in [6, 6.07) is 14.4. The number of hydrazone groups is 1. The Labute approximate surface area is 162 Å². The number of ether oxygens (including phenoxy) is 1. The minimum atomic E-state index is -1.01. The molecular weight excluding hydrogens is 368 g/mol. The van der Waals surface area contributed by atoms with Crippen molar-refractivity contribution in [3.8, 4) is 5.75 Å². The number of halogens is 1. The molecule has 0 spiro atoms. The second-order valence-electron chi connectivity index (χ2n) is 6.18. The van der Waals surface area contributed by atoms with Gasteiger partial charge in [0.1, 0.15) is 5.75 Å². The van der Waals surface area contributed by atoms with Crippen LogP contribution in [0, 0.1) is 0 Å². The van der Waals surface area contributed by atoms with Crippen LogP contribution in [0.15, 0.2) is 53.6 Å². The fourth-order valence-electron chi connectivity index (χ4n) is 2.97. The summed E-state index contributed by atoms with van der Waals surface area (Å²) < 4.78 is 5.17.